The van der Waals surface area contributed by atoms with Gasteiger partial charge in [0.25, 0.3) is 15.8 Å². The van der Waals surface area contributed by atoms with Gasteiger partial charge in [0.15, 0.2) is 5.78 Å². The Morgan fingerprint density at radius 3 is 2.24 bits per heavy atom. The fourth-order valence-electron chi connectivity index (χ4n) is 5.18. The number of fused-ring (bicyclic) bond motifs is 1. The molecule has 3 aromatic carbocycles. The van der Waals surface area contributed by atoms with Gasteiger partial charge in [0, 0.05) is 53.2 Å². The van der Waals surface area contributed by atoms with Gasteiger partial charge in [-0.05, 0) is 78.4 Å². The number of nitrogens with zero attached hydrogens (tertiary/aromatic N) is 4. The zero-order valence-electron chi connectivity index (χ0n) is 24.8. The van der Waals surface area contributed by atoms with Crippen LogP contribution in [0.5, 0.6) is 0 Å². The van der Waals surface area contributed by atoms with Gasteiger partial charge < -0.3 is 10.2 Å². The summed E-state index contributed by atoms with van der Waals surface area (Å²) in [6, 6.07) is 19.8. The normalized spacial score (nSPS) is 17.4. The molecule has 0 saturated heterocycles. The lowest BCUT2D eigenvalue weighted by Crippen LogP contribution is -2.29. The van der Waals surface area contributed by atoms with Crippen LogP contribution in [0.1, 0.15) is 25.8 Å². The molecule has 2 N–H and O–H groups in total. The maximum Gasteiger partial charge on any atom is 0.294 e. The van der Waals surface area contributed by atoms with Crippen LogP contribution in [0.3, 0.4) is 0 Å². The molecule has 0 unspecified atom stereocenters. The molecule has 0 radical (unpaired) electrons. The second-order valence-electron chi connectivity index (χ2n) is 11.0. The first-order valence-electron chi connectivity index (χ1n) is 14.1. The van der Waals surface area contributed by atoms with E-state index in [-0.39, 0.29) is 34.3 Å². The molecule has 46 heavy (non-hydrogen) atoms. The van der Waals surface area contributed by atoms with E-state index in [2.05, 4.69) is 15.5 Å². The van der Waals surface area contributed by atoms with Crippen molar-refractivity contribution in [2.24, 2.45) is 10.2 Å². The fraction of sp³-hybridized carbons (Fsp3) is 0.152. The van der Waals surface area contributed by atoms with Crippen LogP contribution in [0.25, 0.3) is 0 Å². The molecule has 3 aromatic rings. The Labute approximate surface area is 265 Å². The molecule has 12 nitrogen and oxygen atoms in total. The summed E-state index contributed by atoms with van der Waals surface area (Å²) in [5, 5.41) is 22.3. The third-order valence-corrected chi connectivity index (χ3v) is 8.42. The lowest BCUT2D eigenvalue weighted by molar-refractivity contribution is -0.419. The van der Waals surface area contributed by atoms with Gasteiger partial charge in [-0.1, -0.05) is 32.0 Å². The van der Waals surface area contributed by atoms with Crippen LogP contribution in [0.2, 0.25) is 0 Å². The third kappa shape index (κ3) is 7.06. The van der Waals surface area contributed by atoms with Crippen LogP contribution >= 0.6 is 0 Å². The lowest BCUT2D eigenvalue weighted by Gasteiger charge is -2.27. The maximum absolute atomic E-state index is 13.0. The maximum atomic E-state index is 13.0. The lowest BCUT2D eigenvalue weighted by atomic mass is 9.83. The summed E-state index contributed by atoms with van der Waals surface area (Å²) < 4.78 is 31.4. The van der Waals surface area contributed by atoms with Crippen molar-refractivity contribution in [3.05, 3.63) is 136 Å². The first-order chi connectivity index (χ1) is 21.8. The highest BCUT2D eigenvalue weighted by Gasteiger charge is 2.39. The summed E-state index contributed by atoms with van der Waals surface area (Å²) >= 11 is 0. The van der Waals surface area contributed by atoms with Gasteiger partial charge in [-0.3, -0.25) is 24.3 Å². The van der Waals surface area contributed by atoms with E-state index < -0.39 is 20.5 Å². The molecule has 13 heteroatoms. The van der Waals surface area contributed by atoms with Crippen molar-refractivity contribution >= 4 is 44.6 Å². The van der Waals surface area contributed by atoms with Gasteiger partial charge in [-0.15, -0.1) is 0 Å². The van der Waals surface area contributed by atoms with Gasteiger partial charge in [-0.25, -0.2) is 0 Å². The van der Waals surface area contributed by atoms with Crippen molar-refractivity contribution in [3.63, 3.8) is 0 Å². The number of nitro groups is 1. The molecule has 1 aliphatic carbocycles. The van der Waals surface area contributed by atoms with E-state index >= 15 is 0 Å². The minimum Gasteiger partial charge on any atom is -0.343 e. The number of para-hydroxylation sites is 1. The average molecular weight is 640 g/mol. The smallest absolute Gasteiger partial charge is 0.294 e. The van der Waals surface area contributed by atoms with Crippen molar-refractivity contribution in [1.29, 1.82) is 0 Å². The first kappa shape index (κ1) is 31.9. The molecule has 2 aliphatic rings. The van der Waals surface area contributed by atoms with Crippen LogP contribution in [0.15, 0.2) is 135 Å². The Kier molecular flexibility index (Phi) is 8.89. The number of hydrogen-bond donors (Lipinski definition) is 2. The minimum absolute atomic E-state index is 0.145. The van der Waals surface area contributed by atoms with Gasteiger partial charge in [-0.2, -0.15) is 18.6 Å². The Balaban J connectivity index is 1.27. The van der Waals surface area contributed by atoms with Crippen LogP contribution in [0, 0.1) is 10.1 Å². The van der Waals surface area contributed by atoms with Crippen LogP contribution < -0.4 is 10.2 Å². The number of nitrogens with one attached hydrogen (secondary N) is 1. The van der Waals surface area contributed by atoms with E-state index in [1.807, 2.05) is 43.0 Å². The zero-order valence-corrected chi connectivity index (χ0v) is 25.6. The van der Waals surface area contributed by atoms with Crippen molar-refractivity contribution < 1.29 is 27.5 Å². The highest BCUT2D eigenvalue weighted by molar-refractivity contribution is 7.85. The topological polar surface area (TPSA) is 172 Å². The number of amides is 1. The van der Waals surface area contributed by atoms with Crippen LogP contribution in [-0.2, 0) is 25.1 Å². The molecule has 0 aromatic heterocycles. The SMILES string of the molecule is CC1(C)/C(=C\C=C2/C=C([N+](=O)[O-])C=CC2=O)N(CCC(=O)Nc2ccc(N=Nc3ccc(S(=O)(=O)O)cc3)cc2)c2ccccc21. The summed E-state index contributed by atoms with van der Waals surface area (Å²) in [6.07, 6.45) is 7.13. The van der Waals surface area contributed by atoms with Gasteiger partial charge in [0.1, 0.15) is 0 Å². The second-order valence-corrected chi connectivity index (χ2v) is 12.4. The number of carbonyl (C=O) groups excluding carboxylic acids is 2. The van der Waals surface area contributed by atoms with Crippen molar-refractivity contribution in [2.75, 3.05) is 16.8 Å². The van der Waals surface area contributed by atoms with Gasteiger partial charge in [0.2, 0.25) is 5.91 Å². The Morgan fingerprint density at radius 1 is 0.978 bits per heavy atom. The van der Waals surface area contributed by atoms with Crippen LogP contribution in [0.4, 0.5) is 22.7 Å². The minimum atomic E-state index is -4.29. The molecule has 1 heterocycles. The molecule has 0 bridgehead atoms. The van der Waals surface area contributed by atoms with Crippen molar-refractivity contribution in [2.45, 2.75) is 30.6 Å². The van der Waals surface area contributed by atoms with E-state index in [0.717, 1.165) is 16.9 Å². The monoisotopic (exact) mass is 639 g/mol. The highest BCUT2D eigenvalue weighted by atomic mass is 32.2. The third-order valence-electron chi connectivity index (χ3n) is 7.55. The van der Waals surface area contributed by atoms with E-state index in [1.165, 1.54) is 42.5 Å². The van der Waals surface area contributed by atoms with E-state index in [0.29, 0.717) is 23.6 Å². The number of carbonyl (C=O) groups is 2. The number of ketones is 1. The second kappa shape index (κ2) is 12.8. The molecule has 0 fully saturated rings. The standard InChI is InChI=1S/C33H29N5O7S/c1-33(2)28-5-3-4-6-29(28)37(31(33)18-7-22-21-26(38(41)42)14-17-30(22)39)20-19-32(40)34-23-8-10-24(11-9-23)35-36-25-12-15-27(16-13-25)46(43,44)45/h3-18,21H,19-20H2,1-2H3,(H,34,40)(H,43,44,45)/b22-7+,31-18+,36-35?. The first-order valence-corrected chi connectivity index (χ1v) is 15.5. The Morgan fingerprint density at radius 2 is 1.61 bits per heavy atom. The summed E-state index contributed by atoms with van der Waals surface area (Å²) in [5.74, 6) is -0.553. The number of benzene rings is 3. The number of rotatable bonds is 9. The van der Waals surface area contributed by atoms with Crippen molar-refractivity contribution in [3.8, 4) is 0 Å². The molecule has 0 saturated carbocycles. The molecular formula is C33H29N5O7S. The van der Waals surface area contributed by atoms with Crippen molar-refractivity contribution in [1.82, 2.24) is 0 Å². The summed E-state index contributed by atoms with van der Waals surface area (Å²) in [7, 11) is -4.29. The van der Waals surface area contributed by atoms with Gasteiger partial charge in [0.05, 0.1) is 21.2 Å². The number of allylic oxidation sites excluding steroid dienone is 7. The molecule has 234 valence electrons. The van der Waals surface area contributed by atoms with E-state index in [9.17, 15) is 28.1 Å². The predicted octanol–water partition coefficient (Wildman–Crippen LogP) is 6.58. The van der Waals surface area contributed by atoms with Crippen LogP contribution in [-0.4, -0.2) is 36.1 Å². The number of anilines is 2. The average Bonchev–Trinajstić information content (AvgIpc) is 3.24. The fourth-order valence-corrected chi connectivity index (χ4v) is 5.66. The summed E-state index contributed by atoms with van der Waals surface area (Å²) in [4.78, 5) is 37.9. The molecule has 0 atom stereocenters. The largest absolute Gasteiger partial charge is 0.343 e. The Bertz CT molecular complexity index is 1970. The molecule has 1 amide bonds. The molecule has 5 rings (SSSR count). The van der Waals surface area contributed by atoms with Gasteiger partial charge >= 0.3 is 0 Å². The molecule has 1 aliphatic heterocycles. The van der Waals surface area contributed by atoms with E-state index in [1.54, 1.807) is 36.4 Å². The Hall–Kier alpha value is -5.53. The predicted molar refractivity (Wildman–Crippen MR) is 172 cm³/mol. The number of hydrogen-bond acceptors (Lipinski definition) is 9. The summed E-state index contributed by atoms with van der Waals surface area (Å²) in [5.41, 5.74) is 3.84. The number of azo groups is 1. The van der Waals surface area contributed by atoms with E-state index in [4.69, 9.17) is 4.55 Å². The summed E-state index contributed by atoms with van der Waals surface area (Å²) in [6.45, 7) is 4.43. The molecular weight excluding hydrogens is 610 g/mol. The highest BCUT2D eigenvalue weighted by Crippen LogP contribution is 2.47. The zero-order chi connectivity index (χ0) is 33.1. The quantitative estimate of drug-likeness (QED) is 0.0868. The molecule has 0 spiro atoms.